The third-order valence-electron chi connectivity index (χ3n) is 8.87. The van der Waals surface area contributed by atoms with Gasteiger partial charge in [-0.3, -0.25) is 14.4 Å². The number of hydrogen-bond donors (Lipinski definition) is 1. The minimum absolute atomic E-state index is 0.00866. The molecule has 5 aliphatic rings. The van der Waals surface area contributed by atoms with Gasteiger partial charge < -0.3 is 5.11 Å². The van der Waals surface area contributed by atoms with Crippen LogP contribution >= 0.6 is 0 Å². The fraction of sp³-hybridized carbons (Fsp3) is 0.625. The molecule has 1 N–H and O–H groups in total. The monoisotopic (exact) mass is 380 g/mol. The minimum atomic E-state index is -0.804. The Balaban J connectivity index is 1.72. The molecule has 0 aromatic rings. The maximum atomic E-state index is 13.2. The summed E-state index contributed by atoms with van der Waals surface area (Å²) in [6.45, 7) is 4.50. The van der Waals surface area contributed by atoms with Crippen LogP contribution in [-0.2, 0) is 14.4 Å². The Kier molecular flexibility index (Phi) is 3.58. The Morgan fingerprint density at radius 3 is 2.68 bits per heavy atom. The van der Waals surface area contributed by atoms with Gasteiger partial charge in [-0.2, -0.15) is 0 Å². The summed E-state index contributed by atoms with van der Waals surface area (Å²) >= 11 is 0. The number of carboxylic acids is 1. The third-order valence-corrected chi connectivity index (χ3v) is 8.87. The highest BCUT2D eigenvalue weighted by atomic mass is 16.4. The fourth-order valence-corrected chi connectivity index (χ4v) is 7.31. The molecule has 0 bridgehead atoms. The molecule has 0 aromatic carbocycles. The number of rotatable bonds is 2. The lowest BCUT2D eigenvalue weighted by Crippen LogP contribution is -2.45. The van der Waals surface area contributed by atoms with Crippen molar-refractivity contribution in [2.75, 3.05) is 0 Å². The highest BCUT2D eigenvalue weighted by Crippen LogP contribution is 2.70. The summed E-state index contributed by atoms with van der Waals surface area (Å²) in [7, 11) is 0. The molecule has 28 heavy (non-hydrogen) atoms. The van der Waals surface area contributed by atoms with E-state index in [1.54, 1.807) is 6.08 Å². The molecule has 0 aliphatic heterocycles. The zero-order chi connectivity index (χ0) is 19.9. The van der Waals surface area contributed by atoms with E-state index in [1.807, 2.05) is 0 Å². The Hall–Kier alpha value is -1.97. The van der Waals surface area contributed by atoms with Gasteiger partial charge in [0.1, 0.15) is 5.78 Å². The number of carbonyl (C=O) groups excluding carboxylic acids is 2. The first-order chi connectivity index (χ1) is 13.2. The lowest BCUT2D eigenvalue weighted by atomic mass is 9.50. The Morgan fingerprint density at radius 2 is 1.93 bits per heavy atom. The predicted molar refractivity (Wildman–Crippen MR) is 105 cm³/mol. The van der Waals surface area contributed by atoms with Crippen LogP contribution in [0.2, 0.25) is 0 Å². The number of ketones is 2. The predicted octanol–water partition coefficient (Wildman–Crippen LogP) is 4.55. The van der Waals surface area contributed by atoms with E-state index >= 15 is 0 Å². The van der Waals surface area contributed by atoms with Crippen LogP contribution in [0.3, 0.4) is 0 Å². The quantitative estimate of drug-likeness (QED) is 0.763. The molecule has 1 fully saturated rings. The number of hydrogen-bond acceptors (Lipinski definition) is 3. The second-order valence-corrected chi connectivity index (χ2v) is 10.1. The summed E-state index contributed by atoms with van der Waals surface area (Å²) in [5, 5.41) is 9.60. The number of carbonyl (C=O) groups is 3. The molecule has 1 saturated carbocycles. The van der Waals surface area contributed by atoms with Gasteiger partial charge in [0, 0.05) is 18.3 Å². The summed E-state index contributed by atoms with van der Waals surface area (Å²) < 4.78 is 0. The average molecular weight is 380 g/mol. The first kappa shape index (κ1) is 18.1. The van der Waals surface area contributed by atoms with Crippen molar-refractivity contribution < 1.29 is 19.5 Å². The van der Waals surface area contributed by atoms with Crippen molar-refractivity contribution in [2.45, 2.75) is 71.6 Å². The second kappa shape index (κ2) is 5.55. The van der Waals surface area contributed by atoms with Gasteiger partial charge in [0.05, 0.1) is 11.8 Å². The standard InChI is InChI=1S/C24H28O4/c1-22-7-4-18-21-14(12-20(27)28)11-15-13-16(25)3-9-23(15,2)17(21)5-10-24(18,22)19(26)6-8-22/h4,13-14H,3,5-12H2,1-2H3,(H,27,28). The van der Waals surface area contributed by atoms with E-state index in [4.69, 9.17) is 0 Å². The Bertz CT molecular complexity index is 919. The molecule has 4 atom stereocenters. The van der Waals surface area contributed by atoms with Gasteiger partial charge in [-0.15, -0.1) is 0 Å². The van der Waals surface area contributed by atoms with Gasteiger partial charge in [0.2, 0.25) is 0 Å². The van der Waals surface area contributed by atoms with Gasteiger partial charge in [-0.25, -0.2) is 0 Å². The smallest absolute Gasteiger partial charge is 0.303 e. The summed E-state index contributed by atoms with van der Waals surface area (Å²) in [6.07, 6.45) is 10.3. The highest BCUT2D eigenvalue weighted by Gasteiger charge is 2.64. The molecule has 0 radical (unpaired) electrons. The van der Waals surface area contributed by atoms with Crippen LogP contribution in [0.1, 0.15) is 71.6 Å². The molecule has 0 saturated heterocycles. The average Bonchev–Trinajstić information content (AvgIpc) is 3.07. The third kappa shape index (κ3) is 2.04. The largest absolute Gasteiger partial charge is 0.481 e. The summed E-state index contributed by atoms with van der Waals surface area (Å²) in [5.74, 6) is -0.403. The SMILES string of the molecule is CC12CCC(=O)C=C1CC(CC(=O)O)C1=C2CCC23C(=O)CCC2(C)CC=C13. The van der Waals surface area contributed by atoms with Crippen LogP contribution in [0.5, 0.6) is 0 Å². The number of allylic oxidation sites excluding steroid dienone is 6. The van der Waals surface area contributed by atoms with Crippen molar-refractivity contribution in [1.29, 1.82) is 0 Å². The molecule has 1 spiro atoms. The molecule has 0 amide bonds. The van der Waals surface area contributed by atoms with Gasteiger partial charge >= 0.3 is 5.97 Å². The van der Waals surface area contributed by atoms with Crippen LogP contribution in [0, 0.1) is 22.2 Å². The Morgan fingerprint density at radius 1 is 1.14 bits per heavy atom. The summed E-state index contributed by atoms with van der Waals surface area (Å²) in [4.78, 5) is 37.0. The van der Waals surface area contributed by atoms with Gasteiger partial charge in [0.25, 0.3) is 0 Å². The minimum Gasteiger partial charge on any atom is -0.481 e. The molecule has 4 unspecified atom stereocenters. The lowest BCUT2D eigenvalue weighted by Gasteiger charge is -2.52. The van der Waals surface area contributed by atoms with Crippen molar-refractivity contribution in [3.05, 3.63) is 34.4 Å². The normalized spacial score (nSPS) is 41.7. The molecule has 148 valence electrons. The number of Topliss-reactive ketones (excluding diaryl/α,β-unsaturated/α-hetero) is 1. The van der Waals surface area contributed by atoms with Crippen LogP contribution in [0.25, 0.3) is 0 Å². The number of fused-ring (bicyclic) bond motifs is 3. The van der Waals surface area contributed by atoms with Gasteiger partial charge in [-0.1, -0.05) is 31.1 Å². The zero-order valence-electron chi connectivity index (χ0n) is 16.8. The lowest BCUT2D eigenvalue weighted by molar-refractivity contribution is -0.137. The van der Waals surface area contributed by atoms with Crippen molar-refractivity contribution in [3.63, 3.8) is 0 Å². The second-order valence-electron chi connectivity index (χ2n) is 10.1. The molecule has 0 aromatic heterocycles. The topological polar surface area (TPSA) is 71.4 Å². The molecular weight excluding hydrogens is 352 g/mol. The molecule has 5 rings (SSSR count). The van der Waals surface area contributed by atoms with E-state index in [2.05, 4.69) is 19.9 Å². The highest BCUT2D eigenvalue weighted by molar-refractivity contribution is 5.95. The van der Waals surface area contributed by atoms with Gasteiger partial charge in [0.15, 0.2) is 5.78 Å². The molecule has 5 aliphatic carbocycles. The first-order valence-corrected chi connectivity index (χ1v) is 10.6. The molecular formula is C24H28O4. The molecule has 4 nitrogen and oxygen atoms in total. The van der Waals surface area contributed by atoms with Crippen LogP contribution in [0.15, 0.2) is 34.4 Å². The van der Waals surface area contributed by atoms with Crippen molar-refractivity contribution in [3.8, 4) is 0 Å². The maximum absolute atomic E-state index is 13.2. The number of carboxylic acid groups (broad SMARTS) is 1. The summed E-state index contributed by atoms with van der Waals surface area (Å²) in [5.41, 5.74) is 4.23. The molecule has 4 heteroatoms. The molecule has 0 heterocycles. The van der Waals surface area contributed by atoms with Crippen LogP contribution in [0.4, 0.5) is 0 Å². The fourth-order valence-electron chi connectivity index (χ4n) is 7.31. The van der Waals surface area contributed by atoms with Crippen molar-refractivity contribution in [1.82, 2.24) is 0 Å². The van der Waals surface area contributed by atoms with E-state index in [1.165, 1.54) is 16.7 Å². The van der Waals surface area contributed by atoms with E-state index in [0.29, 0.717) is 25.0 Å². The zero-order valence-corrected chi connectivity index (χ0v) is 16.8. The van der Waals surface area contributed by atoms with Crippen molar-refractivity contribution >= 4 is 17.5 Å². The van der Waals surface area contributed by atoms with E-state index in [9.17, 15) is 19.5 Å². The number of aliphatic carboxylic acids is 1. The maximum Gasteiger partial charge on any atom is 0.303 e. The van der Waals surface area contributed by atoms with E-state index in [0.717, 1.165) is 37.7 Å². The van der Waals surface area contributed by atoms with Gasteiger partial charge in [-0.05, 0) is 67.1 Å². The van der Waals surface area contributed by atoms with Crippen LogP contribution < -0.4 is 0 Å². The van der Waals surface area contributed by atoms with Crippen molar-refractivity contribution in [2.24, 2.45) is 22.2 Å². The first-order valence-electron chi connectivity index (χ1n) is 10.6. The van der Waals surface area contributed by atoms with E-state index < -0.39 is 11.4 Å². The Labute approximate surface area is 165 Å². The van der Waals surface area contributed by atoms with Crippen LogP contribution in [-0.4, -0.2) is 22.6 Å². The summed E-state index contributed by atoms with van der Waals surface area (Å²) in [6, 6.07) is 0. The van der Waals surface area contributed by atoms with E-state index in [-0.39, 0.29) is 29.0 Å².